The van der Waals surface area contributed by atoms with E-state index in [2.05, 4.69) is 28.5 Å². The molecule has 7 heteroatoms. The molecule has 0 N–H and O–H groups in total. The van der Waals surface area contributed by atoms with Crippen molar-refractivity contribution >= 4 is 0 Å². The fourth-order valence-electron chi connectivity index (χ4n) is 2.04. The molecule has 1 radical (unpaired) electrons. The fraction of sp³-hybridized carbons (Fsp3) is 0.235. The zero-order valence-electron chi connectivity index (χ0n) is 14.2. The number of nitrogens with zero attached hydrogens (tertiary/aromatic N) is 6. The van der Waals surface area contributed by atoms with Gasteiger partial charge in [-0.1, -0.05) is 25.3 Å². The molecule has 0 amide bonds. The molecule has 3 aromatic rings. The largest absolute Gasteiger partial charge is 0.238 e. The molecule has 0 fully saturated rings. The molecule has 0 atom stereocenters. The summed E-state index contributed by atoms with van der Waals surface area (Å²) in [5.74, 6) is 0. The van der Waals surface area contributed by atoms with Gasteiger partial charge < -0.3 is 0 Å². The summed E-state index contributed by atoms with van der Waals surface area (Å²) in [6, 6.07) is 0. The second kappa shape index (κ2) is 9.05. The van der Waals surface area contributed by atoms with Crippen molar-refractivity contribution in [3.63, 3.8) is 0 Å². The number of hydrogen-bond acceptors (Lipinski definition) is 3. The molecule has 24 heavy (non-hydrogen) atoms. The van der Waals surface area contributed by atoms with Crippen LogP contribution in [0.25, 0.3) is 0 Å². The Morgan fingerprint density at radius 1 is 0.750 bits per heavy atom. The molecule has 0 spiro atoms. The standard InChI is InChI=1S/C13H16N6.C4H6.Mn/c1-10-4-14-17(7-10)13(18-8-11(2)5-15-18)19-9-12(3)6-16-19;1-3-4-2;/h4-9,13H,1-3H3;3-4H,1-2H2;. The van der Waals surface area contributed by atoms with Gasteiger partial charge in [-0.05, 0) is 37.5 Å². The summed E-state index contributed by atoms with van der Waals surface area (Å²) in [5.41, 5.74) is 3.33. The summed E-state index contributed by atoms with van der Waals surface area (Å²) in [7, 11) is 0. The van der Waals surface area contributed by atoms with Gasteiger partial charge in [0.05, 0.1) is 18.6 Å². The predicted octanol–water partition coefficient (Wildman–Crippen LogP) is 3.11. The van der Waals surface area contributed by atoms with Crippen LogP contribution in [0.3, 0.4) is 0 Å². The van der Waals surface area contributed by atoms with E-state index < -0.39 is 0 Å². The molecule has 0 bridgehead atoms. The smallest absolute Gasteiger partial charge is 0.227 e. The van der Waals surface area contributed by atoms with Gasteiger partial charge in [-0.3, -0.25) is 0 Å². The third-order valence-corrected chi connectivity index (χ3v) is 3.07. The summed E-state index contributed by atoms with van der Waals surface area (Å²) in [6.07, 6.45) is 14.5. The summed E-state index contributed by atoms with van der Waals surface area (Å²) in [4.78, 5) is 0. The Morgan fingerprint density at radius 2 is 1.04 bits per heavy atom. The van der Waals surface area contributed by atoms with E-state index >= 15 is 0 Å². The van der Waals surface area contributed by atoms with E-state index in [4.69, 9.17) is 0 Å². The van der Waals surface area contributed by atoms with Crippen molar-refractivity contribution in [2.75, 3.05) is 0 Å². The second-order valence-corrected chi connectivity index (χ2v) is 5.31. The average Bonchev–Trinajstić information content (AvgIpc) is 3.24. The van der Waals surface area contributed by atoms with Gasteiger partial charge in [0, 0.05) is 35.7 Å². The van der Waals surface area contributed by atoms with E-state index in [0.717, 1.165) is 16.7 Å². The van der Waals surface area contributed by atoms with Crippen LogP contribution in [0.1, 0.15) is 23.0 Å². The van der Waals surface area contributed by atoms with Gasteiger partial charge in [0.2, 0.25) is 6.29 Å². The Bertz CT molecular complexity index is 681. The van der Waals surface area contributed by atoms with Crippen molar-refractivity contribution in [1.82, 2.24) is 29.3 Å². The van der Waals surface area contributed by atoms with Gasteiger partial charge in [0.1, 0.15) is 0 Å². The molecule has 6 nitrogen and oxygen atoms in total. The van der Waals surface area contributed by atoms with E-state index in [-0.39, 0.29) is 23.4 Å². The molecule has 3 aromatic heterocycles. The van der Waals surface area contributed by atoms with Gasteiger partial charge in [-0.25, -0.2) is 14.0 Å². The van der Waals surface area contributed by atoms with E-state index in [0.29, 0.717) is 0 Å². The monoisotopic (exact) mass is 365 g/mol. The van der Waals surface area contributed by atoms with E-state index in [1.54, 1.807) is 12.2 Å². The summed E-state index contributed by atoms with van der Waals surface area (Å²) < 4.78 is 5.57. The summed E-state index contributed by atoms with van der Waals surface area (Å²) >= 11 is 0. The molecule has 0 aliphatic heterocycles. The average molecular weight is 365 g/mol. The Kier molecular flexibility index (Phi) is 7.42. The van der Waals surface area contributed by atoms with Crippen molar-refractivity contribution in [3.8, 4) is 0 Å². The Morgan fingerprint density at radius 3 is 1.21 bits per heavy atom. The van der Waals surface area contributed by atoms with Crippen LogP contribution in [0.15, 0.2) is 62.5 Å². The van der Waals surface area contributed by atoms with Crippen LogP contribution in [0.5, 0.6) is 0 Å². The van der Waals surface area contributed by atoms with Crippen molar-refractivity contribution in [2.45, 2.75) is 27.1 Å². The molecule has 3 heterocycles. The number of aryl methyl sites for hydroxylation is 3. The van der Waals surface area contributed by atoms with E-state index in [9.17, 15) is 0 Å². The van der Waals surface area contributed by atoms with Gasteiger partial charge in [0.15, 0.2) is 0 Å². The fourth-order valence-corrected chi connectivity index (χ4v) is 2.04. The molecule has 0 saturated carbocycles. The predicted molar refractivity (Wildman–Crippen MR) is 91.1 cm³/mol. The first-order chi connectivity index (χ1) is 11.0. The number of rotatable bonds is 4. The quantitative estimate of drug-likeness (QED) is 0.527. The molecule has 0 unspecified atom stereocenters. The molecule has 0 aliphatic carbocycles. The molecular weight excluding hydrogens is 343 g/mol. The van der Waals surface area contributed by atoms with E-state index in [1.807, 2.05) is 72.0 Å². The van der Waals surface area contributed by atoms with Crippen LogP contribution in [-0.4, -0.2) is 29.3 Å². The molecule has 3 rings (SSSR count). The Balaban J connectivity index is 0.000000522. The van der Waals surface area contributed by atoms with Crippen LogP contribution in [0.2, 0.25) is 0 Å². The van der Waals surface area contributed by atoms with Crippen LogP contribution >= 0.6 is 0 Å². The minimum Gasteiger partial charge on any atom is -0.227 e. The van der Waals surface area contributed by atoms with Gasteiger partial charge in [-0.2, -0.15) is 15.3 Å². The third-order valence-electron chi connectivity index (χ3n) is 3.07. The first kappa shape index (κ1) is 19.7. The first-order valence-corrected chi connectivity index (χ1v) is 7.31. The van der Waals surface area contributed by atoms with Gasteiger partial charge in [0.25, 0.3) is 0 Å². The molecule has 0 aromatic carbocycles. The Labute approximate surface area is 153 Å². The zero-order chi connectivity index (χ0) is 16.8. The SMILES string of the molecule is C=CC=C.Cc1cnn(C(n2cc(C)cn2)n2cc(C)cn2)c1.[Mn]. The minimum absolute atomic E-state index is 0. The maximum Gasteiger partial charge on any atom is 0.238 e. The Hall–Kier alpha value is -2.37. The molecule has 127 valence electrons. The minimum atomic E-state index is -0.212. The normalized spacial score (nSPS) is 9.83. The number of allylic oxidation sites excluding steroid dienone is 2. The zero-order valence-corrected chi connectivity index (χ0v) is 15.4. The van der Waals surface area contributed by atoms with Crippen LogP contribution in [0.4, 0.5) is 0 Å². The summed E-state index contributed by atoms with van der Waals surface area (Å²) in [6.45, 7) is 12.8. The second-order valence-electron chi connectivity index (χ2n) is 5.31. The van der Waals surface area contributed by atoms with Gasteiger partial charge in [-0.15, -0.1) is 0 Å². The summed E-state index contributed by atoms with van der Waals surface area (Å²) in [5, 5.41) is 13.1. The topological polar surface area (TPSA) is 53.5 Å². The molecule has 0 aliphatic rings. The van der Waals surface area contributed by atoms with E-state index in [1.165, 1.54) is 0 Å². The number of hydrogen-bond donors (Lipinski definition) is 0. The number of aromatic nitrogens is 6. The third kappa shape index (κ3) is 4.81. The van der Waals surface area contributed by atoms with Crippen molar-refractivity contribution < 1.29 is 17.1 Å². The van der Waals surface area contributed by atoms with Crippen LogP contribution < -0.4 is 0 Å². The maximum atomic E-state index is 4.38. The van der Waals surface area contributed by atoms with Crippen molar-refractivity contribution in [2.24, 2.45) is 0 Å². The van der Waals surface area contributed by atoms with Crippen LogP contribution in [-0.2, 0) is 17.1 Å². The molecule has 0 saturated heterocycles. The molecular formula is C17H22MnN6. The van der Waals surface area contributed by atoms with Crippen molar-refractivity contribution in [1.29, 1.82) is 0 Å². The van der Waals surface area contributed by atoms with Gasteiger partial charge >= 0.3 is 0 Å². The van der Waals surface area contributed by atoms with Crippen LogP contribution in [0, 0.1) is 20.8 Å². The van der Waals surface area contributed by atoms with Crippen molar-refractivity contribution in [3.05, 3.63) is 79.2 Å². The maximum absolute atomic E-state index is 4.38. The first-order valence-electron chi connectivity index (χ1n) is 7.31.